The molecule has 0 unspecified atom stereocenters. The van der Waals surface area contributed by atoms with E-state index in [1.54, 1.807) is 0 Å². The second-order valence-electron chi connectivity index (χ2n) is 7.30. The zero-order valence-electron chi connectivity index (χ0n) is 14.6. The van der Waals surface area contributed by atoms with Crippen molar-refractivity contribution in [2.24, 2.45) is 0 Å². The molecule has 25 heavy (non-hydrogen) atoms. The number of benzene rings is 1. The van der Waals surface area contributed by atoms with Crippen LogP contribution in [0.2, 0.25) is 0 Å². The fraction of sp³-hybridized carbons (Fsp3) is 0.588. The number of carbonyl (C=O) groups excluding carboxylic acids is 1. The maximum Gasteiger partial charge on any atom is 0.296 e. The van der Waals surface area contributed by atoms with Gasteiger partial charge in [0.15, 0.2) is 6.23 Å². The monoisotopic (exact) mass is 349 g/mol. The number of fused-ring (bicyclic) bond motifs is 1. The van der Waals surface area contributed by atoms with E-state index in [2.05, 4.69) is 24.1 Å². The van der Waals surface area contributed by atoms with Gasteiger partial charge in [-0.25, -0.2) is 0 Å². The molecule has 0 aromatic heterocycles. The predicted octanol–water partition coefficient (Wildman–Crippen LogP) is 2.05. The summed E-state index contributed by atoms with van der Waals surface area (Å²) in [5, 5.41) is 24.4. The third-order valence-electron chi connectivity index (χ3n) is 4.96. The molecule has 2 aliphatic heterocycles. The molecular formula is C17H23N3O5. The van der Waals surface area contributed by atoms with Crippen molar-refractivity contribution in [3.05, 3.63) is 27.8 Å². The standard InChI is InChI=1S/C17H23N3O5/c1-10(21)18-12-7-11-8-14(22)16(19-6-4-5-17(19,2)3)25-15(11)9-13(12)20(23)24/h7,9,14,16,22H,4-6,8H2,1-3H3,(H,18,21)/t14-,16-/m1/s1. The van der Waals surface area contributed by atoms with Gasteiger partial charge in [-0.1, -0.05) is 0 Å². The van der Waals surface area contributed by atoms with E-state index < -0.39 is 23.2 Å². The summed E-state index contributed by atoms with van der Waals surface area (Å²) in [6.45, 7) is 6.32. The number of nitrogens with zero attached hydrogens (tertiary/aromatic N) is 2. The van der Waals surface area contributed by atoms with Crippen molar-refractivity contribution >= 4 is 17.3 Å². The quantitative estimate of drug-likeness (QED) is 0.639. The molecule has 3 rings (SSSR count). The molecule has 0 saturated carbocycles. The Morgan fingerprint density at radius 2 is 2.20 bits per heavy atom. The highest BCUT2D eigenvalue weighted by Gasteiger charge is 2.43. The van der Waals surface area contributed by atoms with Crippen LogP contribution in [0.15, 0.2) is 12.1 Å². The van der Waals surface area contributed by atoms with Crippen molar-refractivity contribution in [3.63, 3.8) is 0 Å². The van der Waals surface area contributed by atoms with Crippen LogP contribution < -0.4 is 10.1 Å². The summed E-state index contributed by atoms with van der Waals surface area (Å²) in [5.74, 6) is -0.00387. The molecule has 2 aliphatic rings. The van der Waals surface area contributed by atoms with Gasteiger partial charge in [0.25, 0.3) is 5.69 Å². The molecule has 1 amide bonds. The minimum atomic E-state index is -0.739. The van der Waals surface area contributed by atoms with Crippen LogP contribution in [0.5, 0.6) is 5.75 Å². The lowest BCUT2D eigenvalue weighted by Gasteiger charge is -2.42. The fourth-order valence-electron chi connectivity index (χ4n) is 3.73. The number of aliphatic hydroxyl groups is 1. The second-order valence-corrected chi connectivity index (χ2v) is 7.30. The Morgan fingerprint density at radius 1 is 1.48 bits per heavy atom. The number of hydrogen-bond acceptors (Lipinski definition) is 6. The van der Waals surface area contributed by atoms with E-state index in [1.165, 1.54) is 19.1 Å². The van der Waals surface area contributed by atoms with E-state index in [9.17, 15) is 20.0 Å². The lowest BCUT2D eigenvalue weighted by atomic mass is 9.97. The van der Waals surface area contributed by atoms with Crippen molar-refractivity contribution < 1.29 is 19.6 Å². The van der Waals surface area contributed by atoms with Gasteiger partial charge in [-0.2, -0.15) is 0 Å². The van der Waals surface area contributed by atoms with Gasteiger partial charge in [0.1, 0.15) is 17.5 Å². The minimum absolute atomic E-state index is 0.0921. The summed E-state index contributed by atoms with van der Waals surface area (Å²) in [7, 11) is 0. The Morgan fingerprint density at radius 3 is 2.76 bits per heavy atom. The van der Waals surface area contributed by atoms with Crippen molar-refractivity contribution in [2.45, 2.75) is 57.9 Å². The first-order valence-electron chi connectivity index (χ1n) is 8.39. The molecule has 0 radical (unpaired) electrons. The van der Waals surface area contributed by atoms with Crippen LogP contribution in [-0.2, 0) is 11.2 Å². The van der Waals surface area contributed by atoms with Crippen LogP contribution in [0.25, 0.3) is 0 Å². The predicted molar refractivity (Wildman–Crippen MR) is 91.5 cm³/mol. The van der Waals surface area contributed by atoms with Crippen LogP contribution in [0.4, 0.5) is 11.4 Å². The van der Waals surface area contributed by atoms with Crippen molar-refractivity contribution in [1.29, 1.82) is 0 Å². The maximum atomic E-state index is 11.3. The molecule has 2 N–H and O–H groups in total. The van der Waals surface area contributed by atoms with E-state index in [-0.39, 0.29) is 16.9 Å². The highest BCUT2D eigenvalue weighted by Crippen LogP contribution is 2.40. The molecule has 2 heterocycles. The summed E-state index contributed by atoms with van der Waals surface area (Å²) < 4.78 is 5.97. The zero-order chi connectivity index (χ0) is 18.4. The summed E-state index contributed by atoms with van der Waals surface area (Å²) in [5.41, 5.74) is 0.456. The minimum Gasteiger partial charge on any atom is -0.472 e. The van der Waals surface area contributed by atoms with Gasteiger partial charge in [0, 0.05) is 25.4 Å². The molecule has 0 spiro atoms. The number of anilines is 1. The van der Waals surface area contributed by atoms with Crippen LogP contribution in [-0.4, -0.2) is 45.3 Å². The van der Waals surface area contributed by atoms with Crippen LogP contribution in [0.3, 0.4) is 0 Å². The average Bonchev–Trinajstić information content (AvgIpc) is 2.84. The maximum absolute atomic E-state index is 11.3. The Bertz CT molecular complexity index is 718. The van der Waals surface area contributed by atoms with Gasteiger partial charge in [-0.15, -0.1) is 0 Å². The summed E-state index contributed by atoms with van der Waals surface area (Å²) >= 11 is 0. The summed E-state index contributed by atoms with van der Waals surface area (Å²) in [4.78, 5) is 24.2. The van der Waals surface area contributed by atoms with Crippen LogP contribution in [0, 0.1) is 10.1 Å². The number of rotatable bonds is 3. The molecule has 1 saturated heterocycles. The summed E-state index contributed by atoms with van der Waals surface area (Å²) in [6.07, 6.45) is 1.08. The van der Waals surface area contributed by atoms with Crippen molar-refractivity contribution in [2.75, 3.05) is 11.9 Å². The molecule has 1 aromatic rings. The first kappa shape index (κ1) is 17.6. The fourth-order valence-corrected chi connectivity index (χ4v) is 3.73. The molecule has 8 nitrogen and oxygen atoms in total. The Kier molecular flexibility index (Phi) is 4.42. The SMILES string of the molecule is CC(=O)Nc1cc2c(cc1[N+](=O)[O-])O[C@@H](N1CCCC1(C)C)[C@H](O)C2. The summed E-state index contributed by atoms with van der Waals surface area (Å²) in [6, 6.07) is 2.85. The lowest BCUT2D eigenvalue weighted by molar-refractivity contribution is -0.384. The Hall–Kier alpha value is -2.19. The first-order valence-corrected chi connectivity index (χ1v) is 8.39. The number of nitro benzene ring substituents is 1. The molecule has 136 valence electrons. The normalized spacial score (nSPS) is 25.1. The largest absolute Gasteiger partial charge is 0.472 e. The van der Waals surface area contributed by atoms with Gasteiger partial charge in [-0.3, -0.25) is 19.8 Å². The van der Waals surface area contributed by atoms with E-state index in [1.807, 2.05) is 0 Å². The number of ether oxygens (including phenoxy) is 1. The van der Waals surface area contributed by atoms with E-state index in [0.717, 1.165) is 19.4 Å². The zero-order valence-corrected chi connectivity index (χ0v) is 14.6. The van der Waals surface area contributed by atoms with E-state index in [0.29, 0.717) is 17.7 Å². The molecule has 1 fully saturated rings. The molecule has 0 aliphatic carbocycles. The van der Waals surface area contributed by atoms with Crippen LogP contribution >= 0.6 is 0 Å². The Balaban J connectivity index is 1.96. The molecule has 8 heteroatoms. The molecule has 1 aromatic carbocycles. The molecule has 0 bridgehead atoms. The van der Waals surface area contributed by atoms with Gasteiger partial charge in [0.2, 0.25) is 5.91 Å². The second kappa shape index (κ2) is 6.27. The average molecular weight is 349 g/mol. The first-order chi connectivity index (χ1) is 11.7. The third-order valence-corrected chi connectivity index (χ3v) is 4.96. The van der Waals surface area contributed by atoms with Gasteiger partial charge < -0.3 is 15.2 Å². The van der Waals surface area contributed by atoms with Gasteiger partial charge in [-0.05, 0) is 38.3 Å². The van der Waals surface area contributed by atoms with Crippen molar-refractivity contribution in [3.8, 4) is 5.75 Å². The Labute approximate surface area is 145 Å². The number of aliphatic hydroxyl groups excluding tert-OH is 1. The number of likely N-dealkylation sites (tertiary alicyclic amines) is 1. The molecular weight excluding hydrogens is 326 g/mol. The number of carbonyl (C=O) groups is 1. The molecule has 2 atom stereocenters. The number of nitro groups is 1. The third kappa shape index (κ3) is 3.32. The smallest absolute Gasteiger partial charge is 0.296 e. The number of amides is 1. The van der Waals surface area contributed by atoms with Gasteiger partial charge >= 0.3 is 0 Å². The lowest BCUT2D eigenvalue weighted by Crippen LogP contribution is -2.55. The van der Waals surface area contributed by atoms with Gasteiger partial charge in [0.05, 0.1) is 11.0 Å². The number of hydrogen-bond donors (Lipinski definition) is 2. The number of nitrogens with one attached hydrogen (secondary N) is 1. The van der Waals surface area contributed by atoms with E-state index >= 15 is 0 Å². The van der Waals surface area contributed by atoms with Crippen molar-refractivity contribution in [1.82, 2.24) is 4.90 Å². The highest BCUT2D eigenvalue weighted by atomic mass is 16.6. The van der Waals surface area contributed by atoms with Crippen LogP contribution in [0.1, 0.15) is 39.2 Å². The van der Waals surface area contributed by atoms with E-state index in [4.69, 9.17) is 4.74 Å². The topological polar surface area (TPSA) is 105 Å². The highest BCUT2D eigenvalue weighted by molar-refractivity contribution is 5.91.